The van der Waals surface area contributed by atoms with Gasteiger partial charge in [-0.3, -0.25) is 9.78 Å². The van der Waals surface area contributed by atoms with Crippen molar-refractivity contribution in [2.24, 2.45) is 0 Å². The number of carbonyl (C=O) groups excluding carboxylic acids is 1. The number of carbonyl (C=O) groups is 1. The van der Waals surface area contributed by atoms with Gasteiger partial charge in [0.25, 0.3) is 0 Å². The van der Waals surface area contributed by atoms with Crippen LogP contribution in [0.15, 0.2) is 78.4 Å². The predicted molar refractivity (Wildman–Crippen MR) is 114 cm³/mol. The second-order valence-corrected chi connectivity index (χ2v) is 7.19. The molecule has 0 unspecified atom stereocenters. The highest BCUT2D eigenvalue weighted by atomic mass is 32.1. The first-order valence-electron chi connectivity index (χ1n) is 8.93. The standard InChI is InChI=1S/C22H17FN4OS/c23-17-3-1-15(2-4-17)13-21(28)25-18-5-7-19(8-6-18)26-22-27-20(14-29-22)16-9-11-24-12-10-16/h1-12,14H,13H2,(H,25,28)(H,26,27). The third-order valence-electron chi connectivity index (χ3n) is 4.18. The van der Waals surface area contributed by atoms with E-state index < -0.39 is 0 Å². The molecule has 7 heteroatoms. The van der Waals surface area contributed by atoms with Gasteiger partial charge in [0, 0.05) is 34.7 Å². The molecular weight excluding hydrogens is 387 g/mol. The van der Waals surface area contributed by atoms with Gasteiger partial charge >= 0.3 is 0 Å². The zero-order valence-electron chi connectivity index (χ0n) is 15.3. The highest BCUT2D eigenvalue weighted by Gasteiger charge is 2.07. The van der Waals surface area contributed by atoms with E-state index in [1.54, 1.807) is 24.5 Å². The molecule has 4 rings (SSSR count). The van der Waals surface area contributed by atoms with Crippen LogP contribution in [0.25, 0.3) is 11.3 Å². The number of pyridine rings is 1. The largest absolute Gasteiger partial charge is 0.332 e. The molecule has 4 aromatic rings. The summed E-state index contributed by atoms with van der Waals surface area (Å²) >= 11 is 1.52. The second-order valence-electron chi connectivity index (χ2n) is 6.33. The van der Waals surface area contributed by atoms with Crippen molar-refractivity contribution in [2.75, 3.05) is 10.6 Å². The first kappa shape index (κ1) is 18.8. The van der Waals surface area contributed by atoms with Crippen LogP contribution < -0.4 is 10.6 Å². The summed E-state index contributed by atoms with van der Waals surface area (Å²) in [6.45, 7) is 0. The molecular formula is C22H17FN4OS. The second kappa shape index (κ2) is 8.62. The van der Waals surface area contributed by atoms with Crippen molar-refractivity contribution in [1.82, 2.24) is 9.97 Å². The Kier molecular flexibility index (Phi) is 5.58. The molecule has 0 aliphatic carbocycles. The number of nitrogens with one attached hydrogen (secondary N) is 2. The lowest BCUT2D eigenvalue weighted by Crippen LogP contribution is -2.14. The van der Waals surface area contributed by atoms with Crippen molar-refractivity contribution in [3.05, 3.63) is 89.8 Å². The van der Waals surface area contributed by atoms with E-state index in [9.17, 15) is 9.18 Å². The van der Waals surface area contributed by atoms with Gasteiger partial charge < -0.3 is 10.6 Å². The van der Waals surface area contributed by atoms with Crippen LogP contribution in [0.2, 0.25) is 0 Å². The Morgan fingerprint density at radius 3 is 2.34 bits per heavy atom. The summed E-state index contributed by atoms with van der Waals surface area (Å²) in [6.07, 6.45) is 3.67. The van der Waals surface area contributed by atoms with E-state index in [4.69, 9.17) is 0 Å². The van der Waals surface area contributed by atoms with Gasteiger partial charge in [-0.15, -0.1) is 11.3 Å². The van der Waals surface area contributed by atoms with Crippen LogP contribution >= 0.6 is 11.3 Å². The number of benzene rings is 2. The van der Waals surface area contributed by atoms with Crippen molar-refractivity contribution in [3.8, 4) is 11.3 Å². The molecule has 2 aromatic carbocycles. The van der Waals surface area contributed by atoms with Gasteiger partial charge in [0.05, 0.1) is 12.1 Å². The maximum Gasteiger partial charge on any atom is 0.228 e. The molecule has 0 radical (unpaired) electrons. The number of halogens is 1. The third kappa shape index (κ3) is 5.03. The predicted octanol–water partition coefficient (Wildman–Crippen LogP) is 5.27. The van der Waals surface area contributed by atoms with Gasteiger partial charge in [0.15, 0.2) is 5.13 Å². The molecule has 144 valence electrons. The van der Waals surface area contributed by atoms with Crippen molar-refractivity contribution < 1.29 is 9.18 Å². The molecule has 2 heterocycles. The minimum absolute atomic E-state index is 0.153. The summed E-state index contributed by atoms with van der Waals surface area (Å²) in [7, 11) is 0. The maximum atomic E-state index is 12.9. The van der Waals surface area contributed by atoms with Crippen LogP contribution in [-0.2, 0) is 11.2 Å². The Hall–Kier alpha value is -3.58. The molecule has 0 bridgehead atoms. The number of amides is 1. The number of aromatic nitrogens is 2. The molecule has 2 aromatic heterocycles. The van der Waals surface area contributed by atoms with E-state index in [0.717, 1.165) is 27.6 Å². The van der Waals surface area contributed by atoms with Crippen molar-refractivity contribution in [2.45, 2.75) is 6.42 Å². The number of nitrogens with zero attached hydrogens (tertiary/aromatic N) is 2. The van der Waals surface area contributed by atoms with E-state index in [1.165, 1.54) is 23.5 Å². The Labute approximate surface area is 171 Å². The molecule has 1 amide bonds. The van der Waals surface area contributed by atoms with E-state index in [2.05, 4.69) is 20.6 Å². The van der Waals surface area contributed by atoms with Crippen molar-refractivity contribution in [1.29, 1.82) is 0 Å². The molecule has 29 heavy (non-hydrogen) atoms. The molecule has 0 aliphatic rings. The lowest BCUT2D eigenvalue weighted by Gasteiger charge is -2.07. The monoisotopic (exact) mass is 404 g/mol. The summed E-state index contributed by atoms with van der Waals surface area (Å²) in [4.78, 5) is 20.7. The van der Waals surface area contributed by atoms with Gasteiger partial charge in [-0.1, -0.05) is 12.1 Å². The number of hydrogen-bond acceptors (Lipinski definition) is 5. The minimum Gasteiger partial charge on any atom is -0.332 e. The molecule has 0 saturated heterocycles. The van der Waals surface area contributed by atoms with Crippen LogP contribution in [0, 0.1) is 5.82 Å². The van der Waals surface area contributed by atoms with E-state index in [0.29, 0.717) is 5.69 Å². The number of thiazole rings is 1. The van der Waals surface area contributed by atoms with E-state index in [-0.39, 0.29) is 18.1 Å². The minimum atomic E-state index is -0.314. The number of hydrogen-bond donors (Lipinski definition) is 2. The molecule has 2 N–H and O–H groups in total. The summed E-state index contributed by atoms with van der Waals surface area (Å²) in [5, 5.41) is 8.88. The average Bonchev–Trinajstić information content (AvgIpc) is 3.20. The van der Waals surface area contributed by atoms with Crippen molar-refractivity contribution >= 4 is 33.8 Å². The van der Waals surface area contributed by atoms with Gasteiger partial charge in [-0.05, 0) is 54.1 Å². The molecule has 5 nitrogen and oxygen atoms in total. The quantitative estimate of drug-likeness (QED) is 0.459. The van der Waals surface area contributed by atoms with Crippen LogP contribution in [-0.4, -0.2) is 15.9 Å². The molecule has 0 aliphatic heterocycles. The zero-order valence-corrected chi connectivity index (χ0v) is 16.1. The van der Waals surface area contributed by atoms with Crippen molar-refractivity contribution in [3.63, 3.8) is 0 Å². The molecule has 0 spiro atoms. The molecule has 0 atom stereocenters. The Morgan fingerprint density at radius 1 is 0.931 bits per heavy atom. The first-order chi connectivity index (χ1) is 14.2. The van der Waals surface area contributed by atoms with Gasteiger partial charge in [-0.2, -0.15) is 0 Å². The summed E-state index contributed by atoms with van der Waals surface area (Å²) in [6, 6.07) is 17.1. The van der Waals surface area contributed by atoms with E-state index >= 15 is 0 Å². The zero-order chi connectivity index (χ0) is 20.1. The normalized spacial score (nSPS) is 10.5. The third-order valence-corrected chi connectivity index (χ3v) is 4.94. The lowest BCUT2D eigenvalue weighted by atomic mass is 10.1. The Morgan fingerprint density at radius 2 is 1.62 bits per heavy atom. The molecule has 0 fully saturated rings. The smallest absolute Gasteiger partial charge is 0.228 e. The number of rotatable bonds is 6. The van der Waals surface area contributed by atoms with Gasteiger partial charge in [-0.25, -0.2) is 9.37 Å². The maximum absolute atomic E-state index is 12.9. The number of anilines is 3. The Bertz CT molecular complexity index is 1100. The topological polar surface area (TPSA) is 66.9 Å². The van der Waals surface area contributed by atoms with Gasteiger partial charge in [0.1, 0.15) is 5.82 Å². The summed E-state index contributed by atoms with van der Waals surface area (Å²) in [5.74, 6) is -0.468. The fraction of sp³-hybridized carbons (Fsp3) is 0.0455. The fourth-order valence-electron chi connectivity index (χ4n) is 2.74. The Balaban J connectivity index is 1.35. The van der Waals surface area contributed by atoms with Crippen LogP contribution in [0.3, 0.4) is 0 Å². The SMILES string of the molecule is O=C(Cc1ccc(F)cc1)Nc1ccc(Nc2nc(-c3ccncc3)cs2)cc1. The van der Waals surface area contributed by atoms with Crippen LogP contribution in [0.4, 0.5) is 20.9 Å². The fourth-order valence-corrected chi connectivity index (χ4v) is 3.48. The summed E-state index contributed by atoms with van der Waals surface area (Å²) < 4.78 is 12.9. The van der Waals surface area contributed by atoms with Gasteiger partial charge in [0.2, 0.25) is 5.91 Å². The highest BCUT2D eigenvalue weighted by Crippen LogP contribution is 2.27. The average molecular weight is 404 g/mol. The highest BCUT2D eigenvalue weighted by molar-refractivity contribution is 7.14. The summed E-state index contributed by atoms with van der Waals surface area (Å²) in [5.41, 5.74) is 4.24. The molecule has 0 saturated carbocycles. The lowest BCUT2D eigenvalue weighted by molar-refractivity contribution is -0.115. The van der Waals surface area contributed by atoms with Crippen LogP contribution in [0.1, 0.15) is 5.56 Å². The van der Waals surface area contributed by atoms with E-state index in [1.807, 2.05) is 41.8 Å². The first-order valence-corrected chi connectivity index (χ1v) is 9.81. The van der Waals surface area contributed by atoms with Crippen LogP contribution in [0.5, 0.6) is 0 Å².